The minimum Gasteiger partial charge on any atom is -0.481 e. The van der Waals surface area contributed by atoms with Crippen LogP contribution in [0.2, 0.25) is 0 Å². The fraction of sp³-hybridized carbons (Fsp3) is 0.455. The summed E-state index contributed by atoms with van der Waals surface area (Å²) >= 11 is 0. The number of hydrogen-bond donors (Lipinski definition) is 2. The van der Waals surface area contributed by atoms with Gasteiger partial charge < -0.3 is 20.3 Å². The van der Waals surface area contributed by atoms with Gasteiger partial charge in [-0.05, 0) is 75.1 Å². The van der Waals surface area contributed by atoms with Gasteiger partial charge in [0.05, 0.1) is 7.11 Å². The van der Waals surface area contributed by atoms with Gasteiger partial charge in [0.2, 0.25) is 5.88 Å². The Bertz CT molecular complexity index is 742. The van der Waals surface area contributed by atoms with Gasteiger partial charge in [-0.3, -0.25) is 0 Å². The van der Waals surface area contributed by atoms with Crippen LogP contribution >= 0.6 is 0 Å². The summed E-state index contributed by atoms with van der Waals surface area (Å²) in [7, 11) is 1.61. The van der Waals surface area contributed by atoms with Gasteiger partial charge >= 0.3 is 6.03 Å². The van der Waals surface area contributed by atoms with E-state index in [4.69, 9.17) is 4.74 Å². The molecule has 2 aromatic rings. The number of aromatic nitrogens is 1. The fourth-order valence-corrected chi connectivity index (χ4v) is 3.53. The van der Waals surface area contributed by atoms with Crippen molar-refractivity contribution in [3.8, 4) is 17.0 Å². The van der Waals surface area contributed by atoms with E-state index in [2.05, 4.69) is 20.5 Å². The molecule has 28 heavy (non-hydrogen) atoms. The Morgan fingerprint density at radius 3 is 2.64 bits per heavy atom. The average molecular weight is 383 g/mol. The predicted molar refractivity (Wildman–Crippen MR) is 113 cm³/mol. The Morgan fingerprint density at radius 2 is 1.89 bits per heavy atom. The molecule has 1 aliphatic heterocycles. The van der Waals surface area contributed by atoms with Crippen molar-refractivity contribution in [1.29, 1.82) is 0 Å². The van der Waals surface area contributed by atoms with E-state index in [1.165, 1.54) is 32.4 Å². The van der Waals surface area contributed by atoms with Crippen LogP contribution in [0.15, 0.2) is 42.6 Å². The average Bonchev–Trinajstić information content (AvgIpc) is 2.75. The van der Waals surface area contributed by atoms with Gasteiger partial charge in [-0.2, -0.15) is 0 Å². The maximum atomic E-state index is 12.1. The molecule has 2 N–H and O–H groups in total. The van der Waals surface area contributed by atoms with Crippen LogP contribution in [-0.4, -0.2) is 49.2 Å². The number of carbonyl (C=O) groups excluding carboxylic acids is 1. The minimum absolute atomic E-state index is 0.162. The molecule has 2 amide bonds. The molecule has 0 atom stereocenters. The summed E-state index contributed by atoms with van der Waals surface area (Å²) in [5, 5.41) is 5.82. The molecule has 1 saturated heterocycles. The molecule has 0 unspecified atom stereocenters. The number of urea groups is 1. The molecule has 0 radical (unpaired) electrons. The molecular formula is C22H30N4O2. The number of pyridine rings is 1. The fourth-order valence-electron chi connectivity index (χ4n) is 3.53. The van der Waals surface area contributed by atoms with Gasteiger partial charge in [-0.25, -0.2) is 9.78 Å². The normalized spacial score (nSPS) is 14.5. The largest absolute Gasteiger partial charge is 0.481 e. The molecule has 0 aliphatic carbocycles. The van der Waals surface area contributed by atoms with Crippen molar-refractivity contribution in [3.63, 3.8) is 0 Å². The minimum atomic E-state index is -0.162. The lowest BCUT2D eigenvalue weighted by Gasteiger charge is -2.26. The number of carbonyl (C=O) groups is 1. The Labute approximate surface area is 167 Å². The molecule has 3 rings (SSSR count). The van der Waals surface area contributed by atoms with Gasteiger partial charge in [0, 0.05) is 24.0 Å². The zero-order valence-electron chi connectivity index (χ0n) is 16.6. The number of anilines is 1. The van der Waals surface area contributed by atoms with Gasteiger partial charge in [-0.1, -0.05) is 18.6 Å². The van der Waals surface area contributed by atoms with Crippen LogP contribution in [0.4, 0.5) is 10.5 Å². The highest BCUT2D eigenvalue weighted by atomic mass is 16.5. The first-order valence-corrected chi connectivity index (χ1v) is 10.1. The number of piperidine rings is 1. The lowest BCUT2D eigenvalue weighted by Crippen LogP contribution is -2.32. The van der Waals surface area contributed by atoms with E-state index in [0.29, 0.717) is 12.4 Å². The number of amides is 2. The molecule has 6 heteroatoms. The predicted octanol–water partition coefficient (Wildman–Crippen LogP) is 4.14. The molecule has 1 aromatic carbocycles. The van der Waals surface area contributed by atoms with Gasteiger partial charge in [0.25, 0.3) is 0 Å². The van der Waals surface area contributed by atoms with E-state index in [0.717, 1.165) is 36.2 Å². The number of nitrogens with one attached hydrogen (secondary N) is 2. The van der Waals surface area contributed by atoms with E-state index >= 15 is 0 Å². The first-order chi connectivity index (χ1) is 13.8. The van der Waals surface area contributed by atoms with Crippen molar-refractivity contribution in [2.45, 2.75) is 32.1 Å². The van der Waals surface area contributed by atoms with Crippen molar-refractivity contribution < 1.29 is 9.53 Å². The highest BCUT2D eigenvalue weighted by Crippen LogP contribution is 2.28. The van der Waals surface area contributed by atoms with Crippen molar-refractivity contribution in [1.82, 2.24) is 15.2 Å². The van der Waals surface area contributed by atoms with Crippen molar-refractivity contribution >= 4 is 11.7 Å². The number of nitrogens with zero attached hydrogens (tertiary/aromatic N) is 2. The Hall–Kier alpha value is -2.60. The number of ether oxygens (including phenoxy) is 1. The summed E-state index contributed by atoms with van der Waals surface area (Å²) in [6.45, 7) is 4.30. The van der Waals surface area contributed by atoms with E-state index < -0.39 is 0 Å². The maximum absolute atomic E-state index is 12.1. The first kappa shape index (κ1) is 20.1. The second-order valence-corrected chi connectivity index (χ2v) is 7.13. The Kier molecular flexibility index (Phi) is 7.67. The van der Waals surface area contributed by atoms with Crippen molar-refractivity contribution in [2.24, 2.45) is 0 Å². The van der Waals surface area contributed by atoms with Crippen molar-refractivity contribution in [3.05, 3.63) is 42.6 Å². The van der Waals surface area contributed by atoms with Gasteiger partial charge in [-0.15, -0.1) is 0 Å². The van der Waals surface area contributed by atoms with Gasteiger partial charge in [0.1, 0.15) is 0 Å². The van der Waals surface area contributed by atoms with E-state index in [1.807, 2.05) is 36.4 Å². The van der Waals surface area contributed by atoms with Crippen LogP contribution in [-0.2, 0) is 0 Å². The summed E-state index contributed by atoms with van der Waals surface area (Å²) < 4.78 is 5.30. The monoisotopic (exact) mass is 382 g/mol. The zero-order valence-corrected chi connectivity index (χ0v) is 16.6. The number of unbranched alkanes of at least 4 members (excludes halogenated alkanes) is 1. The van der Waals surface area contributed by atoms with Crippen LogP contribution in [0.1, 0.15) is 32.1 Å². The SMILES string of the molecule is COc1ncccc1-c1ccc(NC(=O)NCCCCN2CCCCC2)cc1. The Balaban J connectivity index is 1.39. The van der Waals surface area contributed by atoms with Crippen LogP contribution in [0.25, 0.3) is 11.1 Å². The third kappa shape index (κ3) is 5.96. The highest BCUT2D eigenvalue weighted by Gasteiger charge is 2.09. The molecule has 1 aromatic heterocycles. The smallest absolute Gasteiger partial charge is 0.319 e. The summed E-state index contributed by atoms with van der Waals surface area (Å²) in [6, 6.07) is 11.4. The first-order valence-electron chi connectivity index (χ1n) is 10.1. The summed E-state index contributed by atoms with van der Waals surface area (Å²) in [6.07, 6.45) is 7.86. The van der Waals surface area contributed by atoms with Crippen LogP contribution in [0.3, 0.4) is 0 Å². The summed E-state index contributed by atoms with van der Waals surface area (Å²) in [4.78, 5) is 18.8. The number of hydrogen-bond acceptors (Lipinski definition) is 4. The second-order valence-electron chi connectivity index (χ2n) is 7.13. The van der Waals surface area contributed by atoms with Crippen LogP contribution in [0, 0.1) is 0 Å². The molecular weight excluding hydrogens is 352 g/mol. The second kappa shape index (κ2) is 10.7. The third-order valence-corrected chi connectivity index (χ3v) is 5.05. The third-order valence-electron chi connectivity index (χ3n) is 5.05. The quantitative estimate of drug-likeness (QED) is 0.673. The summed E-state index contributed by atoms with van der Waals surface area (Å²) in [5.41, 5.74) is 2.68. The standard InChI is InChI=1S/C22H30N4O2/c1-28-21-20(8-7-14-23-21)18-9-11-19(12-10-18)25-22(27)24-13-3-6-17-26-15-4-2-5-16-26/h7-12,14H,2-6,13,15-17H2,1H3,(H2,24,25,27). The summed E-state index contributed by atoms with van der Waals surface area (Å²) in [5.74, 6) is 0.588. The van der Waals surface area contributed by atoms with E-state index in [1.54, 1.807) is 13.3 Å². The van der Waals surface area contributed by atoms with Crippen molar-refractivity contribution in [2.75, 3.05) is 38.6 Å². The number of rotatable bonds is 8. The molecule has 6 nitrogen and oxygen atoms in total. The molecule has 1 fully saturated rings. The molecule has 1 aliphatic rings. The van der Waals surface area contributed by atoms with Crippen LogP contribution < -0.4 is 15.4 Å². The lowest BCUT2D eigenvalue weighted by atomic mass is 10.1. The molecule has 0 bridgehead atoms. The van der Waals surface area contributed by atoms with Gasteiger partial charge in [0.15, 0.2) is 0 Å². The highest BCUT2D eigenvalue weighted by molar-refractivity contribution is 5.89. The number of likely N-dealkylation sites (tertiary alicyclic amines) is 1. The van der Waals surface area contributed by atoms with E-state index in [-0.39, 0.29) is 6.03 Å². The number of methoxy groups -OCH3 is 1. The van der Waals surface area contributed by atoms with Crippen LogP contribution in [0.5, 0.6) is 5.88 Å². The molecule has 2 heterocycles. The molecule has 0 spiro atoms. The van der Waals surface area contributed by atoms with E-state index in [9.17, 15) is 4.79 Å². The number of benzene rings is 1. The molecule has 150 valence electrons. The maximum Gasteiger partial charge on any atom is 0.319 e. The zero-order chi connectivity index (χ0) is 19.6. The lowest BCUT2D eigenvalue weighted by molar-refractivity contribution is 0.224. The Morgan fingerprint density at radius 1 is 1.11 bits per heavy atom. The molecule has 0 saturated carbocycles. The topological polar surface area (TPSA) is 66.5 Å².